The zero-order chi connectivity index (χ0) is 10.2. The van der Waals surface area contributed by atoms with E-state index in [2.05, 4.69) is 6.92 Å². The molecule has 0 aliphatic rings. The molecule has 1 heterocycles. The van der Waals surface area contributed by atoms with E-state index in [1.807, 2.05) is 29.1 Å². The van der Waals surface area contributed by atoms with E-state index in [9.17, 15) is 0 Å². The largest absolute Gasteiger partial charge is 0.323 e. The van der Waals surface area contributed by atoms with Gasteiger partial charge >= 0.3 is 0 Å². The molecule has 0 bridgehead atoms. The zero-order valence-corrected chi connectivity index (χ0v) is 9.33. The van der Waals surface area contributed by atoms with Crippen LogP contribution in [0.25, 0.3) is 0 Å². The van der Waals surface area contributed by atoms with E-state index >= 15 is 0 Å². The van der Waals surface area contributed by atoms with Gasteiger partial charge in [-0.25, -0.2) is 0 Å². The molecule has 0 aliphatic carbocycles. The standard InChI is InChI=1S/C11H17ClNO/c1-2-3-4-8-14-10-13-7-5-6-11(12)9-13/h5-7,9H,2-4,8,10H2,1H3/q+1. The number of pyridine rings is 1. The molecule has 14 heavy (non-hydrogen) atoms. The van der Waals surface area contributed by atoms with Gasteiger partial charge in [-0.3, -0.25) is 0 Å². The summed E-state index contributed by atoms with van der Waals surface area (Å²) in [5.74, 6) is 0. The van der Waals surface area contributed by atoms with Crippen LogP contribution in [0.5, 0.6) is 0 Å². The first kappa shape index (κ1) is 11.5. The van der Waals surface area contributed by atoms with Gasteiger partial charge in [-0.1, -0.05) is 31.4 Å². The molecule has 0 aromatic carbocycles. The van der Waals surface area contributed by atoms with Gasteiger partial charge in [0.25, 0.3) is 6.73 Å². The van der Waals surface area contributed by atoms with Crippen molar-refractivity contribution in [1.82, 2.24) is 0 Å². The van der Waals surface area contributed by atoms with Crippen molar-refractivity contribution in [1.29, 1.82) is 0 Å². The lowest BCUT2D eigenvalue weighted by Gasteiger charge is -1.99. The first-order valence-electron chi connectivity index (χ1n) is 5.05. The van der Waals surface area contributed by atoms with Crippen molar-refractivity contribution in [2.24, 2.45) is 0 Å². The maximum absolute atomic E-state index is 5.83. The molecule has 2 nitrogen and oxygen atoms in total. The fourth-order valence-corrected chi connectivity index (χ4v) is 1.39. The lowest BCUT2D eigenvalue weighted by atomic mass is 10.3. The van der Waals surface area contributed by atoms with Crippen molar-refractivity contribution in [2.45, 2.75) is 32.9 Å². The van der Waals surface area contributed by atoms with Gasteiger partial charge in [0, 0.05) is 6.07 Å². The fourth-order valence-electron chi connectivity index (χ4n) is 1.19. The Morgan fingerprint density at radius 3 is 3.00 bits per heavy atom. The summed E-state index contributed by atoms with van der Waals surface area (Å²) < 4.78 is 7.42. The predicted molar refractivity (Wildman–Crippen MR) is 57.1 cm³/mol. The number of rotatable bonds is 6. The number of unbranched alkanes of at least 4 members (excludes halogenated alkanes) is 2. The molecule has 1 rings (SSSR count). The van der Waals surface area contributed by atoms with Crippen molar-refractivity contribution in [3.63, 3.8) is 0 Å². The first-order valence-corrected chi connectivity index (χ1v) is 5.43. The van der Waals surface area contributed by atoms with Crippen molar-refractivity contribution < 1.29 is 9.30 Å². The number of ether oxygens (including phenoxy) is 1. The van der Waals surface area contributed by atoms with Gasteiger partial charge < -0.3 is 4.74 Å². The van der Waals surface area contributed by atoms with Crippen LogP contribution in [0.1, 0.15) is 26.2 Å². The monoisotopic (exact) mass is 214 g/mol. The number of hydrogen-bond acceptors (Lipinski definition) is 1. The SMILES string of the molecule is CCCCCOC[n+]1cccc(Cl)c1. The Morgan fingerprint density at radius 1 is 1.43 bits per heavy atom. The van der Waals surface area contributed by atoms with Crippen LogP contribution in [-0.4, -0.2) is 6.61 Å². The molecule has 0 unspecified atom stereocenters. The molecule has 1 aromatic heterocycles. The summed E-state index contributed by atoms with van der Waals surface area (Å²) in [7, 11) is 0. The van der Waals surface area contributed by atoms with E-state index in [1.54, 1.807) is 0 Å². The third-order valence-corrected chi connectivity index (χ3v) is 2.18. The summed E-state index contributed by atoms with van der Waals surface area (Å²) in [5, 5.41) is 0.740. The maximum atomic E-state index is 5.83. The van der Waals surface area contributed by atoms with Crippen molar-refractivity contribution in [2.75, 3.05) is 6.61 Å². The van der Waals surface area contributed by atoms with Crippen LogP contribution in [0.2, 0.25) is 5.02 Å². The topological polar surface area (TPSA) is 13.1 Å². The molecule has 0 atom stereocenters. The highest BCUT2D eigenvalue weighted by atomic mass is 35.5. The van der Waals surface area contributed by atoms with Crippen LogP contribution < -0.4 is 4.57 Å². The molecule has 0 radical (unpaired) electrons. The average molecular weight is 215 g/mol. The van der Waals surface area contributed by atoms with Crippen molar-refractivity contribution in [3.8, 4) is 0 Å². The van der Waals surface area contributed by atoms with Gasteiger partial charge in [-0.05, 0) is 12.5 Å². The summed E-state index contributed by atoms with van der Waals surface area (Å²) in [6, 6.07) is 3.77. The molecule has 0 saturated heterocycles. The van der Waals surface area contributed by atoms with Crippen LogP contribution in [0.15, 0.2) is 24.5 Å². The van der Waals surface area contributed by atoms with Crippen LogP contribution >= 0.6 is 11.6 Å². The summed E-state index contributed by atoms with van der Waals surface area (Å²) in [5.41, 5.74) is 0. The average Bonchev–Trinajstić information content (AvgIpc) is 2.18. The van der Waals surface area contributed by atoms with Gasteiger partial charge in [-0.15, -0.1) is 0 Å². The van der Waals surface area contributed by atoms with Crippen LogP contribution in [0.4, 0.5) is 0 Å². The highest BCUT2D eigenvalue weighted by Gasteiger charge is 1.99. The minimum atomic E-state index is 0.588. The third kappa shape index (κ3) is 4.58. The zero-order valence-electron chi connectivity index (χ0n) is 8.58. The van der Waals surface area contributed by atoms with E-state index in [-0.39, 0.29) is 0 Å². The molecule has 3 heteroatoms. The molecule has 0 N–H and O–H groups in total. The Bertz CT molecular complexity index is 265. The third-order valence-electron chi connectivity index (χ3n) is 1.95. The molecular formula is C11H17ClNO+. The number of halogens is 1. The van der Waals surface area contributed by atoms with E-state index in [0.717, 1.165) is 18.1 Å². The molecule has 0 aliphatic heterocycles. The lowest BCUT2D eigenvalue weighted by molar-refractivity contribution is -0.732. The normalized spacial score (nSPS) is 10.4. The van der Waals surface area contributed by atoms with Crippen LogP contribution in [-0.2, 0) is 11.5 Å². The minimum Gasteiger partial charge on any atom is -0.323 e. The van der Waals surface area contributed by atoms with Gasteiger partial charge in [-0.2, -0.15) is 4.57 Å². The molecule has 78 valence electrons. The summed E-state index contributed by atoms with van der Waals surface area (Å²) in [6.07, 6.45) is 7.42. The second kappa shape index (κ2) is 6.80. The Morgan fingerprint density at radius 2 is 2.29 bits per heavy atom. The Hall–Kier alpha value is -0.600. The van der Waals surface area contributed by atoms with Crippen LogP contribution in [0, 0.1) is 0 Å². The Labute approximate surface area is 90.5 Å². The molecule has 0 fully saturated rings. The second-order valence-electron chi connectivity index (χ2n) is 3.28. The van der Waals surface area contributed by atoms with E-state index < -0.39 is 0 Å². The number of aromatic nitrogens is 1. The molecule has 0 amide bonds. The Kier molecular flexibility index (Phi) is 5.57. The molecule has 0 spiro atoms. The first-order chi connectivity index (χ1) is 6.83. The highest BCUT2D eigenvalue weighted by Crippen LogP contribution is 2.01. The molecular weight excluding hydrogens is 198 g/mol. The van der Waals surface area contributed by atoms with Gasteiger partial charge in [0.1, 0.15) is 5.02 Å². The summed E-state index contributed by atoms with van der Waals surface area (Å²) in [4.78, 5) is 0. The Balaban J connectivity index is 2.18. The highest BCUT2D eigenvalue weighted by molar-refractivity contribution is 6.30. The smallest absolute Gasteiger partial charge is 0.252 e. The number of nitrogens with zero attached hydrogens (tertiary/aromatic N) is 1. The molecule has 1 aromatic rings. The van der Waals surface area contributed by atoms with Gasteiger partial charge in [0.2, 0.25) is 0 Å². The predicted octanol–water partition coefficient (Wildman–Crippen LogP) is 2.79. The second-order valence-corrected chi connectivity index (χ2v) is 3.72. The maximum Gasteiger partial charge on any atom is 0.252 e. The van der Waals surface area contributed by atoms with E-state index in [0.29, 0.717) is 6.73 Å². The van der Waals surface area contributed by atoms with Crippen LogP contribution in [0.3, 0.4) is 0 Å². The van der Waals surface area contributed by atoms with Crippen molar-refractivity contribution >= 4 is 11.6 Å². The van der Waals surface area contributed by atoms with Crippen molar-refractivity contribution in [3.05, 3.63) is 29.5 Å². The van der Waals surface area contributed by atoms with E-state index in [1.165, 1.54) is 12.8 Å². The molecule has 0 saturated carbocycles. The quantitative estimate of drug-likeness (QED) is 0.524. The van der Waals surface area contributed by atoms with Gasteiger partial charge in [0.15, 0.2) is 12.4 Å². The summed E-state index contributed by atoms with van der Waals surface area (Å²) >= 11 is 5.83. The summed E-state index contributed by atoms with van der Waals surface area (Å²) in [6.45, 7) is 3.60. The van der Waals surface area contributed by atoms with Gasteiger partial charge in [0.05, 0.1) is 6.61 Å². The minimum absolute atomic E-state index is 0.588. The number of hydrogen-bond donors (Lipinski definition) is 0. The lowest BCUT2D eigenvalue weighted by Crippen LogP contribution is -2.34. The fraction of sp³-hybridized carbons (Fsp3) is 0.545. The van der Waals surface area contributed by atoms with E-state index in [4.69, 9.17) is 16.3 Å².